The topological polar surface area (TPSA) is 87.9 Å². The molecule has 0 spiro atoms. The van der Waals surface area contributed by atoms with Crippen LogP contribution < -0.4 is 15.4 Å². The summed E-state index contributed by atoms with van der Waals surface area (Å²) in [6.07, 6.45) is 0.292. The first-order valence-electron chi connectivity index (χ1n) is 13.1. The molecule has 2 N–H and O–H groups in total. The molecule has 1 fully saturated rings. The van der Waals surface area contributed by atoms with Gasteiger partial charge in [-0.15, -0.1) is 18.3 Å². The van der Waals surface area contributed by atoms with E-state index in [1.54, 1.807) is 18.0 Å². The number of hydrogen-bond donors (Lipinski definition) is 1. The van der Waals surface area contributed by atoms with Gasteiger partial charge in [0.2, 0.25) is 0 Å². The lowest BCUT2D eigenvalue weighted by molar-refractivity contribution is -0.274. The van der Waals surface area contributed by atoms with E-state index in [4.69, 9.17) is 5.73 Å². The first kappa shape index (κ1) is 29.9. The van der Waals surface area contributed by atoms with E-state index in [1.165, 1.54) is 41.9 Å². The highest BCUT2D eigenvalue weighted by Crippen LogP contribution is 2.29. The number of aliphatic imine (C=N–C) groups is 2. The molecule has 214 valence electrons. The maximum Gasteiger partial charge on any atom is 0.573 e. The van der Waals surface area contributed by atoms with Gasteiger partial charge >= 0.3 is 6.36 Å². The molecule has 0 bridgehead atoms. The van der Waals surface area contributed by atoms with Crippen LogP contribution in [0.2, 0.25) is 0 Å². The summed E-state index contributed by atoms with van der Waals surface area (Å²) in [5.74, 6) is 1.48. The lowest BCUT2D eigenvalue weighted by Gasteiger charge is -2.31. The van der Waals surface area contributed by atoms with Gasteiger partial charge < -0.3 is 15.4 Å². The summed E-state index contributed by atoms with van der Waals surface area (Å²) in [6, 6.07) is 21.0. The molecule has 0 aliphatic carbocycles. The average Bonchev–Trinajstić information content (AvgIpc) is 2.94. The van der Waals surface area contributed by atoms with Crippen molar-refractivity contribution >= 4 is 46.7 Å². The second kappa shape index (κ2) is 14.0. The van der Waals surface area contributed by atoms with Crippen molar-refractivity contribution in [2.75, 3.05) is 17.2 Å². The minimum absolute atomic E-state index is 0.240. The number of anilines is 1. The second-order valence-electron chi connectivity index (χ2n) is 9.63. The van der Waals surface area contributed by atoms with Crippen molar-refractivity contribution in [1.82, 2.24) is 0 Å². The summed E-state index contributed by atoms with van der Waals surface area (Å²) >= 11 is 1.71. The van der Waals surface area contributed by atoms with E-state index in [9.17, 15) is 13.2 Å². The number of rotatable bonds is 9. The molecule has 0 unspecified atom stereocenters. The lowest BCUT2D eigenvalue weighted by atomic mass is 10.0. The van der Waals surface area contributed by atoms with Gasteiger partial charge in [0.05, 0.1) is 11.9 Å². The van der Waals surface area contributed by atoms with Crippen LogP contribution in [0.4, 0.5) is 24.5 Å². The number of amidine groups is 2. The SMILES string of the molecule is CC(C)Cc1ccccc1N1CCCS/C1=N/N=C\c1ccc(C(N)=NC=Nc2ccc(OC(F)(F)F)cc2)cc1. The maximum atomic E-state index is 12.3. The zero-order valence-corrected chi connectivity index (χ0v) is 23.6. The molecule has 1 saturated heterocycles. The average molecular weight is 581 g/mol. The number of para-hydroxylation sites is 1. The van der Waals surface area contributed by atoms with E-state index in [0.29, 0.717) is 17.2 Å². The minimum Gasteiger partial charge on any atom is -0.406 e. The van der Waals surface area contributed by atoms with Gasteiger partial charge in [-0.25, -0.2) is 9.98 Å². The van der Waals surface area contributed by atoms with Crippen LogP contribution in [0.5, 0.6) is 5.75 Å². The van der Waals surface area contributed by atoms with Crippen LogP contribution in [0, 0.1) is 5.92 Å². The number of ether oxygens (including phenoxy) is 1. The zero-order valence-electron chi connectivity index (χ0n) is 22.8. The Morgan fingerprint density at radius 2 is 1.78 bits per heavy atom. The van der Waals surface area contributed by atoms with Crippen molar-refractivity contribution in [3.63, 3.8) is 0 Å². The maximum absolute atomic E-state index is 12.3. The zero-order chi connectivity index (χ0) is 29.2. The monoisotopic (exact) mass is 580 g/mol. The van der Waals surface area contributed by atoms with Gasteiger partial charge in [-0.2, -0.15) is 5.10 Å². The lowest BCUT2D eigenvalue weighted by Crippen LogP contribution is -2.34. The number of alkyl halides is 3. The van der Waals surface area contributed by atoms with Crippen LogP contribution in [0.15, 0.2) is 93.0 Å². The van der Waals surface area contributed by atoms with Gasteiger partial charge in [0.25, 0.3) is 0 Å². The quantitative estimate of drug-likeness (QED) is 0.165. The van der Waals surface area contributed by atoms with Gasteiger partial charge in [0.15, 0.2) is 5.17 Å². The Hall–Kier alpha value is -4.12. The van der Waals surface area contributed by atoms with E-state index in [2.05, 4.69) is 67.9 Å². The van der Waals surface area contributed by atoms with Crippen molar-refractivity contribution in [2.24, 2.45) is 31.8 Å². The Labute approximate surface area is 241 Å². The molecule has 4 rings (SSSR count). The van der Waals surface area contributed by atoms with Crippen molar-refractivity contribution in [1.29, 1.82) is 0 Å². The Morgan fingerprint density at radius 3 is 2.49 bits per heavy atom. The fourth-order valence-corrected chi connectivity index (χ4v) is 5.01. The number of nitrogens with two attached hydrogens (primary N) is 1. The molecule has 1 aliphatic heterocycles. The van der Waals surface area contributed by atoms with Crippen molar-refractivity contribution in [3.8, 4) is 5.75 Å². The molecular formula is C30H31F3N6OS. The molecule has 1 heterocycles. The molecule has 3 aromatic carbocycles. The predicted octanol–water partition coefficient (Wildman–Crippen LogP) is 7.18. The van der Waals surface area contributed by atoms with Gasteiger partial charge in [0, 0.05) is 23.5 Å². The third kappa shape index (κ3) is 9.21. The number of hydrogen-bond acceptors (Lipinski definition) is 5. The molecule has 0 aromatic heterocycles. The smallest absolute Gasteiger partial charge is 0.406 e. The predicted molar refractivity (Wildman–Crippen MR) is 163 cm³/mol. The van der Waals surface area contributed by atoms with Crippen LogP contribution in [0.3, 0.4) is 0 Å². The molecule has 41 heavy (non-hydrogen) atoms. The summed E-state index contributed by atoms with van der Waals surface area (Å²) < 4.78 is 40.7. The normalized spacial score (nSPS) is 15.9. The number of benzene rings is 3. The van der Waals surface area contributed by atoms with Crippen molar-refractivity contribution in [3.05, 3.63) is 89.5 Å². The molecule has 1 aliphatic rings. The molecule has 7 nitrogen and oxygen atoms in total. The molecule has 0 amide bonds. The molecule has 11 heteroatoms. The highest BCUT2D eigenvalue weighted by Gasteiger charge is 2.31. The molecule has 0 atom stereocenters. The molecule has 0 saturated carbocycles. The number of thioether (sulfide) groups is 1. The third-order valence-corrected chi connectivity index (χ3v) is 6.98. The van der Waals surface area contributed by atoms with E-state index >= 15 is 0 Å². The largest absolute Gasteiger partial charge is 0.573 e. The van der Waals surface area contributed by atoms with Crippen LogP contribution in [0.25, 0.3) is 0 Å². The third-order valence-electron chi connectivity index (χ3n) is 5.93. The highest BCUT2D eigenvalue weighted by atomic mass is 32.2. The summed E-state index contributed by atoms with van der Waals surface area (Å²) in [7, 11) is 0. The van der Waals surface area contributed by atoms with Gasteiger partial charge in [-0.3, -0.25) is 0 Å². The summed E-state index contributed by atoms with van der Waals surface area (Å²) in [4.78, 5) is 10.5. The fraction of sp³-hybridized carbons (Fsp3) is 0.267. The number of halogens is 3. The Balaban J connectivity index is 1.39. The summed E-state index contributed by atoms with van der Waals surface area (Å²) in [5.41, 5.74) is 10.5. The molecule has 0 radical (unpaired) electrons. The number of nitrogens with zero attached hydrogens (tertiary/aromatic N) is 5. The first-order chi connectivity index (χ1) is 19.7. The van der Waals surface area contributed by atoms with Crippen molar-refractivity contribution in [2.45, 2.75) is 33.1 Å². The Kier molecular flexibility index (Phi) is 10.2. The second-order valence-corrected chi connectivity index (χ2v) is 10.7. The van der Waals surface area contributed by atoms with Gasteiger partial charge in [-0.05, 0) is 60.2 Å². The first-order valence-corrected chi connectivity index (χ1v) is 14.1. The van der Waals surface area contributed by atoms with Gasteiger partial charge in [-0.1, -0.05) is 68.1 Å². The Morgan fingerprint density at radius 1 is 1.05 bits per heavy atom. The van der Waals surface area contributed by atoms with Gasteiger partial charge in [0.1, 0.15) is 17.9 Å². The van der Waals surface area contributed by atoms with Crippen LogP contribution in [0.1, 0.15) is 37.0 Å². The van der Waals surface area contributed by atoms with Crippen molar-refractivity contribution < 1.29 is 17.9 Å². The molecular weight excluding hydrogens is 549 g/mol. The van der Waals surface area contributed by atoms with E-state index in [1.807, 2.05) is 24.3 Å². The van der Waals surface area contributed by atoms with Crippen LogP contribution in [-0.4, -0.2) is 42.2 Å². The highest BCUT2D eigenvalue weighted by molar-refractivity contribution is 8.14. The Bertz CT molecular complexity index is 1420. The van der Waals surface area contributed by atoms with E-state index in [-0.39, 0.29) is 11.6 Å². The minimum atomic E-state index is -4.74. The summed E-state index contributed by atoms with van der Waals surface area (Å²) in [6.45, 7) is 5.36. The van der Waals surface area contributed by atoms with E-state index < -0.39 is 6.36 Å². The fourth-order valence-electron chi connectivity index (χ4n) is 4.10. The van der Waals surface area contributed by atoms with E-state index in [0.717, 1.165) is 35.9 Å². The summed E-state index contributed by atoms with van der Waals surface area (Å²) in [5, 5.41) is 9.80. The van der Waals surface area contributed by atoms with Crippen LogP contribution >= 0.6 is 11.8 Å². The van der Waals surface area contributed by atoms with Crippen LogP contribution in [-0.2, 0) is 6.42 Å². The molecule has 3 aromatic rings. The standard InChI is InChI=1S/C30H31F3N6OS/c1-21(2)18-24-6-3-4-7-27(24)39-16-5-17-41-29(39)38-37-19-22-8-10-23(11-9-22)28(34)36-20-35-25-12-14-26(15-13-25)40-30(31,32)33/h3-4,6-15,19-21H,5,16-18H2,1-2H3,(H2,34,35,36)/b37-19-,38-29+.